The number of allylic oxidation sites excluding steroid dienone is 1. The number of hydrogen-bond donors (Lipinski definition) is 1. The molecule has 5 heteroatoms. The highest BCUT2D eigenvalue weighted by Gasteiger charge is 2.50. The Morgan fingerprint density at radius 3 is 2.14 bits per heavy atom. The SMILES string of the molecule is CSc1ccc(/C(=C\CB2OC(C)(C)C(C)(C)O2)CO)cc1. The molecule has 0 unspecified atom stereocenters. The van der Waals surface area contributed by atoms with Crippen molar-refractivity contribution in [3.05, 3.63) is 35.9 Å². The number of thioether (sulfide) groups is 1. The molecule has 0 amide bonds. The van der Waals surface area contributed by atoms with Crippen molar-refractivity contribution in [2.24, 2.45) is 0 Å². The lowest BCUT2D eigenvalue weighted by Gasteiger charge is -2.32. The molecule has 22 heavy (non-hydrogen) atoms. The maximum absolute atomic E-state index is 9.63. The first-order valence-corrected chi connectivity index (χ1v) is 8.81. The van der Waals surface area contributed by atoms with E-state index in [0.717, 1.165) is 11.1 Å². The molecule has 120 valence electrons. The molecule has 1 aliphatic heterocycles. The van der Waals surface area contributed by atoms with Gasteiger partial charge in [-0.1, -0.05) is 18.2 Å². The molecule has 0 bridgehead atoms. The van der Waals surface area contributed by atoms with Gasteiger partial charge in [-0.15, -0.1) is 11.8 Å². The maximum Gasteiger partial charge on any atom is 0.461 e. The Labute approximate surface area is 138 Å². The van der Waals surface area contributed by atoms with Gasteiger partial charge in [0.15, 0.2) is 0 Å². The van der Waals surface area contributed by atoms with Gasteiger partial charge < -0.3 is 14.4 Å². The van der Waals surface area contributed by atoms with Crippen LogP contribution in [0.2, 0.25) is 6.32 Å². The van der Waals surface area contributed by atoms with Gasteiger partial charge in [0.25, 0.3) is 0 Å². The van der Waals surface area contributed by atoms with Gasteiger partial charge in [-0.2, -0.15) is 0 Å². The van der Waals surface area contributed by atoms with Gasteiger partial charge in [0.1, 0.15) is 0 Å². The number of aliphatic hydroxyl groups is 1. The second-order valence-corrected chi connectivity index (χ2v) is 7.42. The normalized spacial score (nSPS) is 20.5. The Hall–Kier alpha value is -0.745. The molecule has 0 saturated carbocycles. The molecule has 1 aromatic rings. The fraction of sp³-hybridized carbons (Fsp3) is 0.529. The highest BCUT2D eigenvalue weighted by atomic mass is 32.2. The van der Waals surface area contributed by atoms with E-state index in [-0.39, 0.29) is 24.9 Å². The standard InChI is InChI=1S/C17H25BO3S/c1-16(2)17(3,4)21-18(20-16)11-10-14(12-19)13-6-8-15(22-5)9-7-13/h6-10,19H,11-12H2,1-5H3/b14-10-. The van der Waals surface area contributed by atoms with Crippen LogP contribution in [-0.2, 0) is 9.31 Å². The zero-order chi connectivity index (χ0) is 16.4. The summed E-state index contributed by atoms with van der Waals surface area (Å²) in [6.07, 6.45) is 4.69. The first-order chi connectivity index (χ1) is 10.3. The maximum atomic E-state index is 9.63. The molecule has 3 nitrogen and oxygen atoms in total. The van der Waals surface area contributed by atoms with Gasteiger partial charge in [-0.25, -0.2) is 0 Å². The number of rotatable bonds is 5. The second kappa shape index (κ2) is 6.79. The third-order valence-corrected chi connectivity index (χ3v) is 5.23. The highest BCUT2D eigenvalue weighted by Crippen LogP contribution is 2.38. The fourth-order valence-electron chi connectivity index (χ4n) is 2.38. The molecule has 1 aliphatic rings. The van der Waals surface area contributed by atoms with Crippen molar-refractivity contribution < 1.29 is 14.4 Å². The lowest BCUT2D eigenvalue weighted by Crippen LogP contribution is -2.41. The summed E-state index contributed by atoms with van der Waals surface area (Å²) in [4.78, 5) is 1.21. The van der Waals surface area contributed by atoms with Crippen molar-refractivity contribution in [2.75, 3.05) is 12.9 Å². The Morgan fingerprint density at radius 2 is 1.68 bits per heavy atom. The molecule has 0 aromatic heterocycles. The summed E-state index contributed by atoms with van der Waals surface area (Å²) >= 11 is 1.71. The average Bonchev–Trinajstić information content (AvgIpc) is 2.68. The summed E-state index contributed by atoms with van der Waals surface area (Å²) in [7, 11) is -0.267. The van der Waals surface area contributed by atoms with Gasteiger partial charge in [-0.05, 0) is 57.2 Å². The van der Waals surface area contributed by atoms with E-state index in [1.807, 2.05) is 45.9 Å². The van der Waals surface area contributed by atoms with Crippen LogP contribution in [0.4, 0.5) is 0 Å². The van der Waals surface area contributed by atoms with Gasteiger partial charge in [0.2, 0.25) is 0 Å². The monoisotopic (exact) mass is 320 g/mol. The lowest BCUT2D eigenvalue weighted by atomic mass is 9.83. The summed E-state index contributed by atoms with van der Waals surface area (Å²) in [6, 6.07) is 8.22. The van der Waals surface area contributed by atoms with Crippen LogP contribution in [-0.4, -0.2) is 36.3 Å². The zero-order valence-electron chi connectivity index (χ0n) is 14.1. The summed E-state index contributed by atoms with van der Waals surface area (Å²) in [5.74, 6) is 0. The molecular formula is C17H25BO3S. The molecule has 0 spiro atoms. The summed E-state index contributed by atoms with van der Waals surface area (Å²) in [5, 5.41) is 9.63. The van der Waals surface area contributed by atoms with Crippen molar-refractivity contribution in [1.82, 2.24) is 0 Å². The van der Waals surface area contributed by atoms with Crippen molar-refractivity contribution in [1.29, 1.82) is 0 Å². The van der Waals surface area contributed by atoms with Gasteiger partial charge >= 0.3 is 7.12 Å². The molecule has 2 rings (SSSR count). The first-order valence-electron chi connectivity index (χ1n) is 7.59. The fourth-order valence-corrected chi connectivity index (χ4v) is 2.79. The molecule has 1 saturated heterocycles. The number of benzene rings is 1. The van der Waals surface area contributed by atoms with E-state index in [2.05, 4.69) is 18.4 Å². The van der Waals surface area contributed by atoms with Gasteiger partial charge in [0, 0.05) is 11.2 Å². The quantitative estimate of drug-likeness (QED) is 0.660. The molecule has 0 aliphatic carbocycles. The van der Waals surface area contributed by atoms with Gasteiger partial charge in [-0.3, -0.25) is 0 Å². The molecule has 1 N–H and O–H groups in total. The predicted molar refractivity (Wildman–Crippen MR) is 94.2 cm³/mol. The van der Waals surface area contributed by atoms with Crippen LogP contribution in [0.15, 0.2) is 35.2 Å². The van der Waals surface area contributed by atoms with Crippen LogP contribution < -0.4 is 0 Å². The minimum absolute atomic E-state index is 0.0120. The van der Waals surface area contributed by atoms with E-state index in [9.17, 15) is 5.11 Å². The molecule has 0 radical (unpaired) electrons. The third-order valence-electron chi connectivity index (χ3n) is 4.49. The van der Waals surface area contributed by atoms with Crippen LogP contribution >= 0.6 is 11.8 Å². The van der Waals surface area contributed by atoms with Crippen molar-refractivity contribution >= 4 is 24.5 Å². The Kier molecular flexibility index (Phi) is 5.43. The topological polar surface area (TPSA) is 38.7 Å². The van der Waals surface area contributed by atoms with Crippen LogP contribution in [0.3, 0.4) is 0 Å². The number of hydrogen-bond acceptors (Lipinski definition) is 4. The van der Waals surface area contributed by atoms with Crippen LogP contribution in [0.5, 0.6) is 0 Å². The third kappa shape index (κ3) is 3.77. The van der Waals surface area contributed by atoms with Crippen LogP contribution in [0.1, 0.15) is 33.3 Å². The number of aliphatic hydroxyl groups excluding tert-OH is 1. The summed E-state index contributed by atoms with van der Waals surface area (Å²) < 4.78 is 12.0. The second-order valence-electron chi connectivity index (χ2n) is 6.54. The van der Waals surface area contributed by atoms with E-state index in [4.69, 9.17) is 9.31 Å². The Morgan fingerprint density at radius 1 is 1.14 bits per heavy atom. The first kappa shape index (κ1) is 17.6. The van der Waals surface area contributed by atoms with Crippen LogP contribution in [0, 0.1) is 0 Å². The lowest BCUT2D eigenvalue weighted by molar-refractivity contribution is 0.00578. The highest BCUT2D eigenvalue weighted by molar-refractivity contribution is 7.98. The zero-order valence-corrected chi connectivity index (χ0v) is 14.9. The van der Waals surface area contributed by atoms with E-state index < -0.39 is 0 Å². The Bertz CT molecular complexity index is 521. The van der Waals surface area contributed by atoms with E-state index in [1.165, 1.54) is 4.90 Å². The van der Waals surface area contributed by atoms with E-state index in [1.54, 1.807) is 11.8 Å². The Balaban J connectivity index is 2.07. The van der Waals surface area contributed by atoms with Crippen LogP contribution in [0.25, 0.3) is 5.57 Å². The van der Waals surface area contributed by atoms with Crippen molar-refractivity contribution in [3.63, 3.8) is 0 Å². The minimum atomic E-state index is -0.315. The van der Waals surface area contributed by atoms with E-state index >= 15 is 0 Å². The van der Waals surface area contributed by atoms with E-state index in [0.29, 0.717) is 6.32 Å². The summed E-state index contributed by atoms with van der Waals surface area (Å²) in [6.45, 7) is 8.20. The van der Waals surface area contributed by atoms with Gasteiger partial charge in [0.05, 0.1) is 17.8 Å². The van der Waals surface area contributed by atoms with Crippen molar-refractivity contribution in [3.8, 4) is 0 Å². The minimum Gasteiger partial charge on any atom is -0.403 e. The van der Waals surface area contributed by atoms with Crippen molar-refractivity contribution in [2.45, 2.75) is 50.1 Å². The summed E-state index contributed by atoms with van der Waals surface area (Å²) in [5.41, 5.74) is 1.31. The molecule has 1 fully saturated rings. The molecule has 1 aromatic carbocycles. The largest absolute Gasteiger partial charge is 0.461 e. The average molecular weight is 320 g/mol. The molecular weight excluding hydrogens is 295 g/mol. The molecule has 0 atom stereocenters. The molecule has 1 heterocycles. The smallest absolute Gasteiger partial charge is 0.403 e. The predicted octanol–water partition coefficient (Wildman–Crippen LogP) is 3.88.